The number of benzene rings is 1. The van der Waals surface area contributed by atoms with Gasteiger partial charge in [0.05, 0.1) is 20.4 Å². The summed E-state index contributed by atoms with van der Waals surface area (Å²) in [4.78, 5) is 0. The molecule has 0 fully saturated rings. The molecule has 20 heavy (non-hydrogen) atoms. The first-order valence-electron chi connectivity index (χ1n) is 5.41. The number of hydrogen-bond donors (Lipinski definition) is 2. The van der Waals surface area contributed by atoms with Gasteiger partial charge in [0, 0.05) is 5.56 Å². The van der Waals surface area contributed by atoms with Gasteiger partial charge in [0.2, 0.25) is 0 Å². The molecule has 0 atom stereocenters. The van der Waals surface area contributed by atoms with Crippen LogP contribution in [0.1, 0.15) is 5.56 Å². The first kappa shape index (κ1) is 15.6. The number of hydrazone groups is 1. The van der Waals surface area contributed by atoms with Gasteiger partial charge in [-0.3, -0.25) is 0 Å². The van der Waals surface area contributed by atoms with Crippen LogP contribution in [-0.4, -0.2) is 35.3 Å². The summed E-state index contributed by atoms with van der Waals surface area (Å²) < 4.78 is 11.6. The zero-order valence-corrected chi connectivity index (χ0v) is 11.8. The average molecular weight is 299 g/mol. The van der Waals surface area contributed by atoms with Crippen LogP contribution < -0.4 is 20.7 Å². The van der Waals surface area contributed by atoms with Crippen molar-refractivity contribution in [2.24, 2.45) is 5.10 Å². The average Bonchev–Trinajstić information content (AvgIpc) is 2.84. The van der Waals surface area contributed by atoms with Crippen LogP contribution in [-0.2, 0) is 0 Å². The Kier molecular flexibility index (Phi) is 5.60. The molecule has 0 radical (unpaired) electrons. The van der Waals surface area contributed by atoms with Crippen molar-refractivity contribution in [2.45, 2.75) is 0 Å². The molecule has 1 aromatic carbocycles. The minimum atomic E-state index is 0. The third-order valence-corrected chi connectivity index (χ3v) is 2.38. The zero-order chi connectivity index (χ0) is 13.7. The largest absolute Gasteiger partial charge is 0.497 e. The number of anilines is 1. The van der Waals surface area contributed by atoms with Gasteiger partial charge in [0.1, 0.15) is 17.8 Å². The van der Waals surface area contributed by atoms with Gasteiger partial charge in [-0.25, -0.2) is 10.1 Å². The maximum atomic E-state index is 5.53. The maximum absolute atomic E-state index is 5.53. The molecule has 0 unspecified atom stereocenters. The van der Waals surface area contributed by atoms with Gasteiger partial charge in [-0.2, -0.15) is 5.10 Å². The Hall–Kier alpha value is -2.48. The number of nitrogens with one attached hydrogen (secondary N) is 1. The predicted molar refractivity (Wildman–Crippen MR) is 78.2 cm³/mol. The Balaban J connectivity index is 0.00000200. The van der Waals surface area contributed by atoms with Crippen LogP contribution in [0.4, 0.5) is 5.95 Å². The minimum absolute atomic E-state index is 0. The molecule has 1 aromatic heterocycles. The Morgan fingerprint density at radius 3 is 2.75 bits per heavy atom. The van der Waals surface area contributed by atoms with E-state index in [4.69, 9.17) is 15.3 Å². The molecule has 0 aliphatic carbocycles. The van der Waals surface area contributed by atoms with E-state index in [1.807, 2.05) is 0 Å². The molecule has 108 valence electrons. The SMILES string of the molecule is COc1ccc(OC)c(/C=N/Nc2nncn2N)c1.Cl. The van der Waals surface area contributed by atoms with Crippen LogP contribution in [0.3, 0.4) is 0 Å². The van der Waals surface area contributed by atoms with Crippen LogP contribution >= 0.6 is 12.4 Å². The van der Waals surface area contributed by atoms with Crippen LogP contribution in [0.25, 0.3) is 0 Å². The number of rotatable bonds is 5. The fraction of sp³-hybridized carbons (Fsp3) is 0.182. The van der Waals surface area contributed by atoms with E-state index < -0.39 is 0 Å². The maximum Gasteiger partial charge on any atom is 0.263 e. The van der Waals surface area contributed by atoms with Crippen LogP contribution in [0.2, 0.25) is 0 Å². The molecule has 0 aliphatic heterocycles. The van der Waals surface area contributed by atoms with E-state index in [1.165, 1.54) is 11.0 Å². The fourth-order valence-electron chi connectivity index (χ4n) is 1.42. The Morgan fingerprint density at radius 2 is 2.15 bits per heavy atom. The summed E-state index contributed by atoms with van der Waals surface area (Å²) in [5, 5.41) is 11.4. The Morgan fingerprint density at radius 1 is 1.35 bits per heavy atom. The Bertz CT molecular complexity index is 586. The number of ether oxygens (including phenoxy) is 2. The monoisotopic (exact) mass is 298 g/mol. The summed E-state index contributed by atoms with van der Waals surface area (Å²) in [6.45, 7) is 0. The third-order valence-electron chi connectivity index (χ3n) is 2.38. The zero-order valence-electron chi connectivity index (χ0n) is 11.0. The van der Waals surface area contributed by atoms with Crippen molar-refractivity contribution in [3.05, 3.63) is 30.1 Å². The fourth-order valence-corrected chi connectivity index (χ4v) is 1.42. The van der Waals surface area contributed by atoms with Crippen molar-refractivity contribution < 1.29 is 9.47 Å². The normalized spacial score (nSPS) is 10.1. The van der Waals surface area contributed by atoms with E-state index in [-0.39, 0.29) is 12.4 Å². The molecule has 0 aliphatic rings. The summed E-state index contributed by atoms with van der Waals surface area (Å²) in [7, 11) is 3.18. The number of nitrogen functional groups attached to an aromatic ring is 1. The smallest absolute Gasteiger partial charge is 0.263 e. The minimum Gasteiger partial charge on any atom is -0.497 e. The first-order chi connectivity index (χ1) is 9.24. The second kappa shape index (κ2) is 7.19. The summed E-state index contributed by atoms with van der Waals surface area (Å²) >= 11 is 0. The van der Waals surface area contributed by atoms with Crippen molar-refractivity contribution in [1.29, 1.82) is 0 Å². The molecule has 9 heteroatoms. The van der Waals surface area contributed by atoms with E-state index in [1.54, 1.807) is 38.6 Å². The molecular formula is C11H15ClN6O2. The van der Waals surface area contributed by atoms with Gasteiger partial charge in [-0.15, -0.1) is 22.6 Å². The molecule has 0 saturated carbocycles. The molecular weight excluding hydrogens is 284 g/mol. The quantitative estimate of drug-likeness (QED) is 0.483. The Labute approximate surface area is 122 Å². The van der Waals surface area contributed by atoms with E-state index in [0.29, 0.717) is 17.4 Å². The summed E-state index contributed by atoms with van der Waals surface area (Å²) in [6, 6.07) is 5.41. The lowest BCUT2D eigenvalue weighted by atomic mass is 10.2. The van der Waals surface area contributed by atoms with Crippen molar-refractivity contribution in [3.8, 4) is 11.5 Å². The highest BCUT2D eigenvalue weighted by Crippen LogP contribution is 2.22. The lowest BCUT2D eigenvalue weighted by Gasteiger charge is -2.06. The predicted octanol–water partition coefficient (Wildman–Crippen LogP) is 0.877. The first-order valence-corrected chi connectivity index (χ1v) is 5.41. The van der Waals surface area contributed by atoms with E-state index >= 15 is 0 Å². The second-order valence-corrected chi connectivity index (χ2v) is 3.54. The van der Waals surface area contributed by atoms with Crippen molar-refractivity contribution >= 4 is 24.6 Å². The third kappa shape index (κ3) is 3.51. The van der Waals surface area contributed by atoms with Gasteiger partial charge in [-0.1, -0.05) is 0 Å². The summed E-state index contributed by atoms with van der Waals surface area (Å²) in [5.41, 5.74) is 3.43. The number of nitrogens with two attached hydrogens (primary N) is 1. The highest BCUT2D eigenvalue weighted by molar-refractivity contribution is 5.85. The van der Waals surface area contributed by atoms with E-state index in [2.05, 4.69) is 20.7 Å². The van der Waals surface area contributed by atoms with Gasteiger partial charge < -0.3 is 15.3 Å². The number of hydrogen-bond acceptors (Lipinski definition) is 7. The van der Waals surface area contributed by atoms with Gasteiger partial charge >= 0.3 is 0 Å². The van der Waals surface area contributed by atoms with E-state index in [0.717, 1.165) is 5.56 Å². The molecule has 0 spiro atoms. The molecule has 8 nitrogen and oxygen atoms in total. The molecule has 0 bridgehead atoms. The number of aromatic nitrogens is 3. The van der Waals surface area contributed by atoms with E-state index in [9.17, 15) is 0 Å². The topological polar surface area (TPSA) is 99.6 Å². The van der Waals surface area contributed by atoms with Crippen LogP contribution in [0, 0.1) is 0 Å². The van der Waals surface area contributed by atoms with Crippen LogP contribution in [0.5, 0.6) is 11.5 Å². The van der Waals surface area contributed by atoms with Gasteiger partial charge in [0.15, 0.2) is 0 Å². The molecule has 0 saturated heterocycles. The summed E-state index contributed by atoms with van der Waals surface area (Å²) in [5.74, 6) is 7.26. The molecule has 1 heterocycles. The summed E-state index contributed by atoms with van der Waals surface area (Å²) in [6.07, 6.45) is 2.94. The van der Waals surface area contributed by atoms with Gasteiger partial charge in [-0.05, 0) is 18.2 Å². The molecule has 3 N–H and O–H groups in total. The molecule has 2 rings (SSSR count). The number of halogens is 1. The highest BCUT2D eigenvalue weighted by Gasteiger charge is 2.03. The van der Waals surface area contributed by atoms with Crippen molar-refractivity contribution in [2.75, 3.05) is 25.5 Å². The van der Waals surface area contributed by atoms with Gasteiger partial charge in [0.25, 0.3) is 5.95 Å². The van der Waals surface area contributed by atoms with Crippen LogP contribution in [0.15, 0.2) is 29.6 Å². The molecule has 2 aromatic rings. The lowest BCUT2D eigenvalue weighted by molar-refractivity contribution is 0.402. The standard InChI is InChI=1S/C11H14N6O2.ClH/c1-18-9-3-4-10(19-2)8(5-9)6-13-15-11-16-14-7-17(11)12;/h3-7H,12H2,1-2H3,(H,15,16);1H/b13-6+;. The number of nitrogens with zero attached hydrogens (tertiary/aromatic N) is 4. The highest BCUT2D eigenvalue weighted by atomic mass is 35.5. The van der Waals surface area contributed by atoms with Crippen molar-refractivity contribution in [3.63, 3.8) is 0 Å². The lowest BCUT2D eigenvalue weighted by Crippen LogP contribution is -2.10. The second-order valence-electron chi connectivity index (χ2n) is 3.54. The number of methoxy groups -OCH3 is 2. The van der Waals surface area contributed by atoms with Crippen molar-refractivity contribution in [1.82, 2.24) is 14.9 Å². The molecule has 0 amide bonds.